The minimum absolute atomic E-state index is 0.0184. The maximum absolute atomic E-state index is 12.3. The quantitative estimate of drug-likeness (QED) is 0.210. The number of hydrogen-bond donors (Lipinski definition) is 0. The number of carbonyl (C=O) groups is 2. The zero-order chi connectivity index (χ0) is 24.1. The Morgan fingerprint density at radius 1 is 1.12 bits per heavy atom. The first-order chi connectivity index (χ1) is 16.4. The molecule has 0 spiro atoms. The Labute approximate surface area is 202 Å². The largest absolute Gasteiger partial charge is 0.493 e. The lowest BCUT2D eigenvalue weighted by atomic mass is 9.55. The van der Waals surface area contributed by atoms with E-state index in [9.17, 15) is 9.59 Å². The summed E-state index contributed by atoms with van der Waals surface area (Å²) in [6.45, 7) is 8.74. The van der Waals surface area contributed by atoms with E-state index in [-0.39, 0.29) is 23.5 Å². The van der Waals surface area contributed by atoms with Crippen LogP contribution >= 0.6 is 0 Å². The Morgan fingerprint density at radius 3 is 2.65 bits per heavy atom. The molecule has 3 aliphatic carbocycles. The normalized spacial score (nSPS) is 34.8. The van der Waals surface area contributed by atoms with E-state index in [1.807, 2.05) is 19.9 Å². The molecule has 0 aromatic heterocycles. The number of carbonyl (C=O) groups excluding carboxylic acids is 2. The van der Waals surface area contributed by atoms with Gasteiger partial charge in [0, 0.05) is 29.9 Å². The van der Waals surface area contributed by atoms with Crippen LogP contribution in [0.5, 0.6) is 11.5 Å². The molecule has 1 aromatic carbocycles. The standard InChI is InChI=1S/C28H38O6/c1-5-8-13-31-18-14-17-9-10-19-20(26(17)22(15-18)32-24(29)6-2)11-12-27(4)21(19)16-23-28(27,33-23)34-25(30)7-3/h14-15,19-21,23H,5-13,16H2,1-4H3/t19-,20+,21+,23-,27+,28+/m1/s1. The van der Waals surface area contributed by atoms with Crippen LogP contribution in [0.4, 0.5) is 0 Å². The van der Waals surface area contributed by atoms with E-state index in [1.54, 1.807) is 0 Å². The number of esters is 2. The molecular formula is C28H38O6. The monoisotopic (exact) mass is 470 g/mol. The SMILES string of the molecule is CCCCOc1cc2c(c(OC(=O)CC)c1)[C@H]1CC[C@@]3(C)[C@@H](C[C@H]4O[C@]43OC(=O)CC)[C@@H]1CC2. The predicted octanol–water partition coefficient (Wildman–Crippen LogP) is 5.70. The van der Waals surface area contributed by atoms with Gasteiger partial charge in [-0.3, -0.25) is 9.59 Å². The number of hydrogen-bond acceptors (Lipinski definition) is 6. The molecule has 6 nitrogen and oxygen atoms in total. The van der Waals surface area contributed by atoms with Gasteiger partial charge in [-0.15, -0.1) is 0 Å². The summed E-state index contributed by atoms with van der Waals surface area (Å²) in [7, 11) is 0. The molecule has 186 valence electrons. The molecule has 1 saturated heterocycles. The molecule has 0 bridgehead atoms. The summed E-state index contributed by atoms with van der Waals surface area (Å²) in [5.74, 6) is 1.59. The van der Waals surface area contributed by atoms with Crippen molar-refractivity contribution in [1.82, 2.24) is 0 Å². The average Bonchev–Trinajstić information content (AvgIpc) is 3.47. The maximum Gasteiger partial charge on any atom is 0.310 e. The molecule has 0 amide bonds. The Hall–Kier alpha value is -2.08. The van der Waals surface area contributed by atoms with Gasteiger partial charge >= 0.3 is 11.9 Å². The van der Waals surface area contributed by atoms with Crippen molar-refractivity contribution in [3.63, 3.8) is 0 Å². The number of benzene rings is 1. The third-order valence-corrected chi connectivity index (χ3v) is 8.93. The van der Waals surface area contributed by atoms with Crippen LogP contribution in [0.1, 0.15) is 96.1 Å². The smallest absolute Gasteiger partial charge is 0.310 e. The van der Waals surface area contributed by atoms with Crippen molar-refractivity contribution in [2.75, 3.05) is 6.61 Å². The molecule has 1 aliphatic heterocycles. The van der Waals surface area contributed by atoms with Crippen molar-refractivity contribution < 1.29 is 28.5 Å². The Kier molecular flexibility index (Phi) is 6.16. The van der Waals surface area contributed by atoms with E-state index in [1.165, 1.54) is 11.1 Å². The van der Waals surface area contributed by atoms with Crippen LogP contribution in [0.2, 0.25) is 0 Å². The van der Waals surface area contributed by atoms with Gasteiger partial charge in [0.2, 0.25) is 5.79 Å². The third kappa shape index (κ3) is 3.64. The molecule has 0 N–H and O–H groups in total. The number of rotatable bonds is 8. The lowest BCUT2D eigenvalue weighted by Gasteiger charge is -2.51. The molecule has 1 aromatic rings. The van der Waals surface area contributed by atoms with Crippen molar-refractivity contribution in [3.05, 3.63) is 23.3 Å². The van der Waals surface area contributed by atoms with Crippen LogP contribution in [0.3, 0.4) is 0 Å². The highest BCUT2D eigenvalue weighted by Crippen LogP contribution is 2.72. The fourth-order valence-electron chi connectivity index (χ4n) is 7.10. The first-order valence-corrected chi connectivity index (χ1v) is 13.3. The maximum atomic E-state index is 12.3. The summed E-state index contributed by atoms with van der Waals surface area (Å²) in [5, 5.41) is 0. The van der Waals surface area contributed by atoms with Crippen molar-refractivity contribution in [1.29, 1.82) is 0 Å². The molecule has 5 rings (SSSR count). The molecule has 4 aliphatic rings. The number of fused-ring (bicyclic) bond motifs is 7. The zero-order valence-corrected chi connectivity index (χ0v) is 21.0. The second-order valence-corrected chi connectivity index (χ2v) is 10.7. The predicted molar refractivity (Wildman–Crippen MR) is 127 cm³/mol. The second kappa shape index (κ2) is 8.85. The fraction of sp³-hybridized carbons (Fsp3) is 0.714. The summed E-state index contributed by atoms with van der Waals surface area (Å²) in [6.07, 6.45) is 7.67. The number of epoxide rings is 1. The summed E-state index contributed by atoms with van der Waals surface area (Å²) in [5.41, 5.74) is 2.29. The second-order valence-electron chi connectivity index (χ2n) is 10.7. The summed E-state index contributed by atoms with van der Waals surface area (Å²) < 4.78 is 23.9. The van der Waals surface area contributed by atoms with Crippen LogP contribution in [-0.4, -0.2) is 30.4 Å². The first kappa shape index (κ1) is 23.7. The number of unbranched alkanes of at least 4 members (excludes halogenated alkanes) is 1. The first-order valence-electron chi connectivity index (χ1n) is 13.3. The lowest BCUT2D eigenvalue weighted by Crippen LogP contribution is -2.49. The zero-order valence-electron chi connectivity index (χ0n) is 21.0. The molecule has 0 unspecified atom stereocenters. The van der Waals surface area contributed by atoms with Crippen LogP contribution in [0.25, 0.3) is 0 Å². The van der Waals surface area contributed by atoms with Gasteiger partial charge in [-0.05, 0) is 67.9 Å². The van der Waals surface area contributed by atoms with Gasteiger partial charge < -0.3 is 18.9 Å². The summed E-state index contributed by atoms with van der Waals surface area (Å²) in [4.78, 5) is 24.5. The molecule has 2 saturated carbocycles. The van der Waals surface area contributed by atoms with E-state index in [4.69, 9.17) is 18.9 Å². The number of ether oxygens (including phenoxy) is 4. The van der Waals surface area contributed by atoms with Crippen molar-refractivity contribution in [2.45, 2.75) is 103 Å². The molecule has 0 radical (unpaired) electrons. The topological polar surface area (TPSA) is 74.4 Å². The highest BCUT2D eigenvalue weighted by molar-refractivity contribution is 5.73. The average molecular weight is 471 g/mol. The van der Waals surface area contributed by atoms with Crippen LogP contribution in [-0.2, 0) is 25.5 Å². The summed E-state index contributed by atoms with van der Waals surface area (Å²) >= 11 is 0. The van der Waals surface area contributed by atoms with Gasteiger partial charge in [-0.2, -0.15) is 0 Å². The molecule has 6 atom stereocenters. The minimum atomic E-state index is -0.732. The Morgan fingerprint density at radius 2 is 1.91 bits per heavy atom. The van der Waals surface area contributed by atoms with E-state index >= 15 is 0 Å². The van der Waals surface area contributed by atoms with Gasteiger partial charge in [-0.1, -0.05) is 34.1 Å². The molecule has 6 heteroatoms. The Bertz CT molecular complexity index is 972. The van der Waals surface area contributed by atoms with E-state index in [0.717, 1.165) is 50.7 Å². The van der Waals surface area contributed by atoms with Gasteiger partial charge in [0.15, 0.2) is 0 Å². The molecule has 34 heavy (non-hydrogen) atoms. The van der Waals surface area contributed by atoms with Gasteiger partial charge in [-0.25, -0.2) is 0 Å². The third-order valence-electron chi connectivity index (χ3n) is 8.93. The van der Waals surface area contributed by atoms with Crippen molar-refractivity contribution >= 4 is 11.9 Å². The van der Waals surface area contributed by atoms with Crippen molar-refractivity contribution in [2.24, 2.45) is 17.3 Å². The van der Waals surface area contributed by atoms with E-state index in [0.29, 0.717) is 43.0 Å². The lowest BCUT2D eigenvalue weighted by molar-refractivity contribution is -0.187. The van der Waals surface area contributed by atoms with E-state index < -0.39 is 5.79 Å². The summed E-state index contributed by atoms with van der Waals surface area (Å²) in [6, 6.07) is 4.09. The molecular weight excluding hydrogens is 432 g/mol. The van der Waals surface area contributed by atoms with Crippen LogP contribution in [0.15, 0.2) is 12.1 Å². The minimum Gasteiger partial charge on any atom is -0.493 e. The van der Waals surface area contributed by atoms with Gasteiger partial charge in [0.05, 0.1) is 6.61 Å². The highest BCUT2D eigenvalue weighted by atomic mass is 16.8. The number of aryl methyl sites for hydroxylation is 1. The Balaban J connectivity index is 1.45. The van der Waals surface area contributed by atoms with Crippen LogP contribution < -0.4 is 9.47 Å². The van der Waals surface area contributed by atoms with E-state index in [2.05, 4.69) is 19.9 Å². The molecule has 3 fully saturated rings. The van der Waals surface area contributed by atoms with Gasteiger partial charge in [0.25, 0.3) is 0 Å². The highest BCUT2D eigenvalue weighted by Gasteiger charge is 2.79. The molecule has 1 heterocycles. The van der Waals surface area contributed by atoms with Crippen molar-refractivity contribution in [3.8, 4) is 11.5 Å². The van der Waals surface area contributed by atoms with Crippen LogP contribution in [0, 0.1) is 17.3 Å². The fourth-order valence-corrected chi connectivity index (χ4v) is 7.10. The van der Waals surface area contributed by atoms with Gasteiger partial charge in [0.1, 0.15) is 17.6 Å².